The third-order valence-corrected chi connectivity index (χ3v) is 3.47. The predicted molar refractivity (Wildman–Crippen MR) is 71.7 cm³/mol. The Morgan fingerprint density at radius 1 is 1.35 bits per heavy atom. The molecule has 1 aromatic carbocycles. The third-order valence-electron chi connectivity index (χ3n) is 3.47. The van der Waals surface area contributed by atoms with Gasteiger partial charge < -0.3 is 15.0 Å². The zero-order valence-electron chi connectivity index (χ0n) is 11.0. The van der Waals surface area contributed by atoms with Crippen LogP contribution >= 0.6 is 0 Å². The van der Waals surface area contributed by atoms with Gasteiger partial charge in [-0.25, -0.2) is 4.98 Å². The Morgan fingerprint density at radius 2 is 2.05 bits per heavy atom. The first-order chi connectivity index (χ1) is 9.58. The van der Waals surface area contributed by atoms with Crippen LogP contribution in [0.5, 0.6) is 5.75 Å². The average molecular weight is 279 g/mol. The van der Waals surface area contributed by atoms with Crippen LogP contribution in [-0.4, -0.2) is 16.2 Å². The summed E-state index contributed by atoms with van der Waals surface area (Å²) in [7, 11) is 1.84. The number of hydrogen-bond acceptors (Lipinski definition) is 3. The molecule has 1 aliphatic rings. The molecule has 0 bridgehead atoms. The number of nitrogens with zero attached hydrogens (tertiary/aromatic N) is 2. The number of rotatable bonds is 4. The fourth-order valence-corrected chi connectivity index (χ4v) is 2.29. The van der Waals surface area contributed by atoms with Crippen molar-refractivity contribution < 1.29 is 13.5 Å². The molecular weight excluding hydrogens is 264 g/mol. The van der Waals surface area contributed by atoms with E-state index in [1.165, 1.54) is 6.07 Å². The first kappa shape index (κ1) is 12.9. The zero-order chi connectivity index (χ0) is 14.3. The number of para-hydroxylation sites is 1. The Bertz CT molecular complexity index is 635. The topological polar surface area (TPSA) is 53.1 Å². The van der Waals surface area contributed by atoms with E-state index < -0.39 is 6.61 Å². The van der Waals surface area contributed by atoms with E-state index in [9.17, 15) is 8.78 Å². The molecule has 0 amide bonds. The van der Waals surface area contributed by atoms with Crippen molar-refractivity contribution in [2.24, 2.45) is 7.05 Å². The summed E-state index contributed by atoms with van der Waals surface area (Å²) >= 11 is 0. The monoisotopic (exact) mass is 279 g/mol. The minimum absolute atomic E-state index is 0.0923. The molecule has 0 atom stereocenters. The molecule has 0 radical (unpaired) electrons. The van der Waals surface area contributed by atoms with E-state index in [0.29, 0.717) is 23.0 Å². The van der Waals surface area contributed by atoms with Gasteiger partial charge in [-0.3, -0.25) is 0 Å². The summed E-state index contributed by atoms with van der Waals surface area (Å²) in [6.45, 7) is -2.87. The SMILES string of the molecule is Cn1c(C2CC2)nc(-c2ccccc2OC(F)F)c1N. The molecule has 106 valence electrons. The van der Waals surface area contributed by atoms with E-state index in [0.717, 1.165) is 18.7 Å². The van der Waals surface area contributed by atoms with Gasteiger partial charge >= 0.3 is 6.61 Å². The van der Waals surface area contributed by atoms with Crippen molar-refractivity contribution in [3.8, 4) is 17.0 Å². The van der Waals surface area contributed by atoms with Crippen LogP contribution in [0.25, 0.3) is 11.3 Å². The van der Waals surface area contributed by atoms with Crippen molar-refractivity contribution in [3.05, 3.63) is 30.1 Å². The first-order valence-corrected chi connectivity index (χ1v) is 6.44. The summed E-state index contributed by atoms with van der Waals surface area (Å²) in [5.74, 6) is 1.90. The molecule has 1 aromatic heterocycles. The van der Waals surface area contributed by atoms with Crippen LogP contribution in [-0.2, 0) is 7.05 Å². The Morgan fingerprint density at radius 3 is 2.70 bits per heavy atom. The van der Waals surface area contributed by atoms with E-state index in [-0.39, 0.29) is 5.75 Å². The molecular formula is C14H15F2N3O. The molecule has 1 fully saturated rings. The molecule has 2 aromatic rings. The van der Waals surface area contributed by atoms with Gasteiger partial charge in [0.15, 0.2) is 0 Å². The molecule has 0 spiro atoms. The zero-order valence-corrected chi connectivity index (χ0v) is 11.0. The molecule has 1 aliphatic carbocycles. The highest BCUT2D eigenvalue weighted by Crippen LogP contribution is 2.43. The quantitative estimate of drug-likeness (QED) is 0.935. The van der Waals surface area contributed by atoms with Crippen molar-refractivity contribution in [1.82, 2.24) is 9.55 Å². The number of aromatic nitrogens is 2. The number of hydrogen-bond donors (Lipinski definition) is 1. The third kappa shape index (κ3) is 2.21. The van der Waals surface area contributed by atoms with Gasteiger partial charge in [0.2, 0.25) is 0 Å². The lowest BCUT2D eigenvalue weighted by Crippen LogP contribution is -2.04. The van der Waals surface area contributed by atoms with E-state index in [1.807, 2.05) is 11.6 Å². The fourth-order valence-electron chi connectivity index (χ4n) is 2.29. The Labute approximate surface area is 115 Å². The number of nitrogens with two attached hydrogens (primary N) is 1. The van der Waals surface area contributed by atoms with Gasteiger partial charge in [0.1, 0.15) is 23.1 Å². The van der Waals surface area contributed by atoms with E-state index in [1.54, 1.807) is 18.2 Å². The van der Waals surface area contributed by atoms with Crippen LogP contribution in [0.1, 0.15) is 24.6 Å². The number of halogens is 2. The van der Waals surface area contributed by atoms with Crippen LogP contribution in [0.2, 0.25) is 0 Å². The van der Waals surface area contributed by atoms with E-state index in [2.05, 4.69) is 9.72 Å². The molecule has 1 heterocycles. The largest absolute Gasteiger partial charge is 0.434 e. The van der Waals surface area contributed by atoms with Crippen LogP contribution in [0, 0.1) is 0 Å². The fraction of sp³-hybridized carbons (Fsp3) is 0.357. The lowest BCUT2D eigenvalue weighted by Gasteiger charge is -2.09. The van der Waals surface area contributed by atoms with Crippen molar-refractivity contribution in [3.63, 3.8) is 0 Å². The lowest BCUT2D eigenvalue weighted by molar-refractivity contribution is -0.0494. The Kier molecular flexibility index (Phi) is 3.08. The Balaban J connectivity index is 2.06. The second-order valence-corrected chi connectivity index (χ2v) is 4.91. The van der Waals surface area contributed by atoms with Crippen LogP contribution in [0.4, 0.5) is 14.6 Å². The van der Waals surface area contributed by atoms with E-state index >= 15 is 0 Å². The number of nitrogen functional groups attached to an aromatic ring is 1. The van der Waals surface area contributed by atoms with Crippen LogP contribution < -0.4 is 10.5 Å². The molecule has 3 rings (SSSR count). The number of imidazole rings is 1. The lowest BCUT2D eigenvalue weighted by atomic mass is 10.1. The number of anilines is 1. The van der Waals surface area contributed by atoms with Crippen molar-refractivity contribution in [2.75, 3.05) is 5.73 Å². The van der Waals surface area contributed by atoms with Gasteiger partial charge in [-0.1, -0.05) is 12.1 Å². The standard InChI is InChI=1S/C14H15F2N3O/c1-19-12(17)11(18-13(19)8-6-7-8)9-4-2-3-5-10(9)20-14(15)16/h2-5,8,14H,6-7,17H2,1H3. The molecule has 0 aliphatic heterocycles. The van der Waals surface area contributed by atoms with E-state index in [4.69, 9.17) is 5.73 Å². The molecule has 0 saturated heterocycles. The van der Waals surface area contributed by atoms with Gasteiger partial charge in [0.05, 0.1) is 0 Å². The summed E-state index contributed by atoms with van der Waals surface area (Å²) in [6.07, 6.45) is 2.19. The molecule has 6 heteroatoms. The summed E-state index contributed by atoms with van der Waals surface area (Å²) in [6, 6.07) is 6.57. The molecule has 2 N–H and O–H groups in total. The van der Waals surface area contributed by atoms with Crippen LogP contribution in [0.3, 0.4) is 0 Å². The molecule has 20 heavy (non-hydrogen) atoms. The normalized spacial score (nSPS) is 14.8. The average Bonchev–Trinajstić information content (AvgIpc) is 3.20. The maximum absolute atomic E-state index is 12.5. The highest BCUT2D eigenvalue weighted by Gasteiger charge is 2.30. The summed E-state index contributed by atoms with van der Waals surface area (Å²) in [5, 5.41) is 0. The molecule has 1 saturated carbocycles. The number of alkyl halides is 2. The summed E-state index contributed by atoms with van der Waals surface area (Å²) in [4.78, 5) is 4.52. The minimum atomic E-state index is -2.87. The van der Waals surface area contributed by atoms with Gasteiger partial charge in [-0.05, 0) is 25.0 Å². The summed E-state index contributed by atoms with van der Waals surface area (Å²) in [5.41, 5.74) is 7.06. The van der Waals surface area contributed by atoms with Gasteiger partial charge in [0, 0.05) is 18.5 Å². The highest BCUT2D eigenvalue weighted by molar-refractivity contribution is 5.76. The second-order valence-electron chi connectivity index (χ2n) is 4.91. The molecule has 0 unspecified atom stereocenters. The number of ether oxygens (including phenoxy) is 1. The smallest absolute Gasteiger partial charge is 0.387 e. The van der Waals surface area contributed by atoms with Crippen molar-refractivity contribution >= 4 is 5.82 Å². The second kappa shape index (κ2) is 4.77. The van der Waals surface area contributed by atoms with Gasteiger partial charge in [-0.2, -0.15) is 8.78 Å². The maximum Gasteiger partial charge on any atom is 0.387 e. The minimum Gasteiger partial charge on any atom is -0.434 e. The maximum atomic E-state index is 12.5. The molecule has 4 nitrogen and oxygen atoms in total. The number of benzene rings is 1. The predicted octanol–water partition coefficient (Wildman–Crippen LogP) is 3.15. The Hall–Kier alpha value is -2.11. The van der Waals surface area contributed by atoms with Gasteiger partial charge in [-0.15, -0.1) is 0 Å². The first-order valence-electron chi connectivity index (χ1n) is 6.44. The van der Waals surface area contributed by atoms with Crippen molar-refractivity contribution in [2.45, 2.75) is 25.4 Å². The van der Waals surface area contributed by atoms with Crippen molar-refractivity contribution in [1.29, 1.82) is 0 Å². The van der Waals surface area contributed by atoms with Crippen LogP contribution in [0.15, 0.2) is 24.3 Å². The van der Waals surface area contributed by atoms with Gasteiger partial charge in [0.25, 0.3) is 0 Å². The summed E-state index contributed by atoms with van der Waals surface area (Å²) < 4.78 is 31.3. The highest BCUT2D eigenvalue weighted by atomic mass is 19.3.